The van der Waals surface area contributed by atoms with E-state index in [4.69, 9.17) is 31.9 Å². The molecule has 6 nitrogen and oxygen atoms in total. The molecule has 0 radical (unpaired) electrons. The molecular weight excluding hydrogens is 552 g/mol. The van der Waals surface area contributed by atoms with Crippen molar-refractivity contribution in [3.63, 3.8) is 0 Å². The zero-order valence-electron chi connectivity index (χ0n) is 21.2. The molecule has 1 atom stereocenters. The van der Waals surface area contributed by atoms with E-state index in [1.54, 1.807) is 12.1 Å². The van der Waals surface area contributed by atoms with Crippen molar-refractivity contribution < 1.29 is 36.9 Å². The highest BCUT2D eigenvalue weighted by molar-refractivity contribution is 6.34. The first-order chi connectivity index (χ1) is 19.1. The molecule has 2 aliphatic rings. The fraction of sp³-hybridized carbons (Fsp3) is 0.345. The molecule has 3 aromatic carbocycles. The third kappa shape index (κ3) is 5.11. The molecule has 5 rings (SSSR count). The summed E-state index contributed by atoms with van der Waals surface area (Å²) in [6.07, 6.45) is -1.66. The summed E-state index contributed by atoms with van der Waals surface area (Å²) in [6, 6.07) is 12.5. The number of amides is 1. The number of fused-ring (bicyclic) bond motifs is 1. The van der Waals surface area contributed by atoms with Gasteiger partial charge in [-0.2, -0.15) is 0 Å². The molecule has 3 aromatic rings. The van der Waals surface area contributed by atoms with Crippen LogP contribution in [0.1, 0.15) is 34.3 Å². The Morgan fingerprint density at radius 3 is 2.55 bits per heavy atom. The van der Waals surface area contributed by atoms with Crippen molar-refractivity contribution in [1.82, 2.24) is 5.32 Å². The van der Waals surface area contributed by atoms with Crippen molar-refractivity contribution in [2.24, 2.45) is 11.7 Å². The monoisotopic (exact) mass is 578 g/mol. The number of aliphatic hydroxyl groups excluding tert-OH is 1. The number of hydrogen-bond donors (Lipinski definition) is 3. The number of alkyl halides is 2. The molecule has 1 aliphatic heterocycles. The SMILES string of the molecule is NC(=O)c1ccc(OCCO)c(F)c1-c1c(Cl)c(F)cc2c1C[C@@](CN[C@H]1C[C@H](C(F)F)C1)(c1ccccc1)O2. The molecular formula is C29H27ClF4N2O4. The van der Waals surface area contributed by atoms with Crippen LogP contribution in [-0.2, 0) is 12.0 Å². The fourth-order valence-electron chi connectivity index (χ4n) is 5.42. The van der Waals surface area contributed by atoms with Crippen molar-refractivity contribution >= 4 is 17.5 Å². The number of halogens is 5. The highest BCUT2D eigenvalue weighted by Crippen LogP contribution is 2.50. The first-order valence-electron chi connectivity index (χ1n) is 12.8. The number of carbonyl (C=O) groups excluding carboxylic acids is 1. The average molecular weight is 579 g/mol. The molecule has 0 unspecified atom stereocenters. The fourth-order valence-corrected chi connectivity index (χ4v) is 5.68. The first kappa shape index (κ1) is 28.2. The summed E-state index contributed by atoms with van der Waals surface area (Å²) in [6.45, 7) is -0.418. The molecule has 0 aromatic heterocycles. The molecule has 4 N–H and O–H groups in total. The van der Waals surface area contributed by atoms with Crippen molar-refractivity contribution in [2.45, 2.75) is 37.3 Å². The van der Waals surface area contributed by atoms with E-state index in [-0.39, 0.29) is 60.4 Å². The number of primary amides is 1. The Labute approximate surface area is 233 Å². The Morgan fingerprint density at radius 2 is 1.90 bits per heavy atom. The van der Waals surface area contributed by atoms with Crippen LogP contribution < -0.4 is 20.5 Å². The molecule has 11 heteroatoms. The zero-order valence-corrected chi connectivity index (χ0v) is 22.0. The highest BCUT2D eigenvalue weighted by Gasteiger charge is 2.45. The number of nitrogens with one attached hydrogen (secondary N) is 1. The minimum Gasteiger partial charge on any atom is -0.488 e. The normalized spacial score (nSPS) is 21.6. The summed E-state index contributed by atoms with van der Waals surface area (Å²) >= 11 is 6.44. The summed E-state index contributed by atoms with van der Waals surface area (Å²) in [7, 11) is 0. The van der Waals surface area contributed by atoms with Crippen LogP contribution >= 0.6 is 11.6 Å². The second kappa shape index (κ2) is 11.3. The number of benzene rings is 3. The van der Waals surface area contributed by atoms with Crippen LogP contribution in [0, 0.1) is 17.6 Å². The summed E-state index contributed by atoms with van der Waals surface area (Å²) in [5.74, 6) is -3.72. The lowest BCUT2D eigenvalue weighted by Gasteiger charge is -2.38. The lowest BCUT2D eigenvalue weighted by atomic mass is 9.79. The molecule has 0 spiro atoms. The smallest absolute Gasteiger partial charge is 0.249 e. The third-order valence-electron chi connectivity index (χ3n) is 7.53. The second-order valence-electron chi connectivity index (χ2n) is 10.0. The lowest BCUT2D eigenvalue weighted by molar-refractivity contribution is 0.00798. The predicted octanol–water partition coefficient (Wildman–Crippen LogP) is 5.22. The van der Waals surface area contributed by atoms with Crippen molar-refractivity contribution in [3.05, 3.63) is 81.9 Å². The Bertz CT molecular complexity index is 1420. The van der Waals surface area contributed by atoms with Crippen LogP contribution in [-0.4, -0.2) is 43.2 Å². The van der Waals surface area contributed by atoms with Crippen LogP contribution in [0.25, 0.3) is 11.1 Å². The Balaban J connectivity index is 1.60. The Hall–Kier alpha value is -3.34. The highest BCUT2D eigenvalue weighted by atomic mass is 35.5. The summed E-state index contributed by atoms with van der Waals surface area (Å²) in [5.41, 5.74) is 4.83. The van der Waals surface area contributed by atoms with E-state index in [2.05, 4.69) is 5.32 Å². The van der Waals surface area contributed by atoms with E-state index in [1.165, 1.54) is 12.1 Å². The van der Waals surface area contributed by atoms with Gasteiger partial charge >= 0.3 is 0 Å². The van der Waals surface area contributed by atoms with Crippen molar-refractivity contribution in [2.75, 3.05) is 19.8 Å². The number of hydrogen-bond acceptors (Lipinski definition) is 5. The minimum atomic E-state index is -2.38. The number of carbonyl (C=O) groups is 1. The van der Waals surface area contributed by atoms with Gasteiger partial charge in [0.25, 0.3) is 0 Å². The van der Waals surface area contributed by atoms with Gasteiger partial charge in [0, 0.05) is 47.7 Å². The number of rotatable bonds is 10. The molecule has 1 saturated carbocycles. The van der Waals surface area contributed by atoms with Crippen LogP contribution in [0.2, 0.25) is 5.02 Å². The van der Waals surface area contributed by atoms with Gasteiger partial charge in [-0.1, -0.05) is 41.9 Å². The molecule has 1 aliphatic carbocycles. The van der Waals surface area contributed by atoms with E-state index < -0.39 is 40.5 Å². The van der Waals surface area contributed by atoms with Gasteiger partial charge in [0.1, 0.15) is 18.2 Å². The number of ether oxygens (including phenoxy) is 2. The van der Waals surface area contributed by atoms with Crippen LogP contribution in [0.15, 0.2) is 48.5 Å². The van der Waals surface area contributed by atoms with Crippen molar-refractivity contribution in [1.29, 1.82) is 0 Å². The van der Waals surface area contributed by atoms with Gasteiger partial charge < -0.3 is 25.6 Å². The van der Waals surface area contributed by atoms with E-state index in [0.717, 1.165) is 11.6 Å². The maximum Gasteiger partial charge on any atom is 0.249 e. The van der Waals surface area contributed by atoms with Crippen molar-refractivity contribution in [3.8, 4) is 22.6 Å². The largest absolute Gasteiger partial charge is 0.488 e. The quantitative estimate of drug-likeness (QED) is 0.287. The summed E-state index contributed by atoms with van der Waals surface area (Å²) in [5, 5.41) is 12.0. The average Bonchev–Trinajstić information content (AvgIpc) is 3.27. The molecule has 1 amide bonds. The van der Waals surface area contributed by atoms with E-state index in [9.17, 15) is 13.6 Å². The van der Waals surface area contributed by atoms with Crippen LogP contribution in [0.5, 0.6) is 11.5 Å². The molecule has 1 heterocycles. The standard InChI is InChI=1S/C29H27ClF4N2O4/c30-25-20(31)12-22-19(23(25)24-18(28(35)38)6-7-21(26(24)32)39-9-8-37)13-29(40-22,16-4-2-1-3-5-16)14-36-17-10-15(11-17)27(33)34/h1-7,12,15,17,27,36-37H,8-11,13-14H2,(H2,35,38)/t15-,17-,29-/m1/s1. The topological polar surface area (TPSA) is 93.8 Å². The van der Waals surface area contributed by atoms with Crippen LogP contribution in [0.3, 0.4) is 0 Å². The summed E-state index contributed by atoms with van der Waals surface area (Å²) in [4.78, 5) is 12.4. The number of aliphatic hydroxyl groups is 1. The van der Waals surface area contributed by atoms with Gasteiger partial charge in [0.05, 0.1) is 17.2 Å². The van der Waals surface area contributed by atoms with Gasteiger partial charge in [-0.05, 0) is 30.5 Å². The third-order valence-corrected chi connectivity index (χ3v) is 7.90. The Kier molecular flexibility index (Phi) is 7.94. The summed E-state index contributed by atoms with van der Waals surface area (Å²) < 4.78 is 68.9. The number of nitrogens with two attached hydrogens (primary N) is 1. The van der Waals surface area contributed by atoms with Gasteiger partial charge in [0.2, 0.25) is 12.3 Å². The molecule has 0 saturated heterocycles. The van der Waals surface area contributed by atoms with E-state index in [0.29, 0.717) is 18.4 Å². The maximum atomic E-state index is 15.9. The van der Waals surface area contributed by atoms with Gasteiger partial charge in [-0.3, -0.25) is 4.79 Å². The minimum absolute atomic E-state index is 0.0955. The molecule has 1 fully saturated rings. The van der Waals surface area contributed by atoms with E-state index >= 15 is 8.78 Å². The van der Waals surface area contributed by atoms with Gasteiger partial charge in [0.15, 0.2) is 17.2 Å². The molecule has 212 valence electrons. The maximum absolute atomic E-state index is 15.9. The van der Waals surface area contributed by atoms with Gasteiger partial charge in [-0.15, -0.1) is 0 Å². The predicted molar refractivity (Wildman–Crippen MR) is 141 cm³/mol. The van der Waals surface area contributed by atoms with E-state index in [1.807, 2.05) is 18.2 Å². The second-order valence-corrected chi connectivity index (χ2v) is 10.4. The molecule has 0 bridgehead atoms. The van der Waals surface area contributed by atoms with Crippen LogP contribution in [0.4, 0.5) is 17.6 Å². The van der Waals surface area contributed by atoms with Gasteiger partial charge in [-0.25, -0.2) is 17.6 Å². The Morgan fingerprint density at radius 1 is 1.18 bits per heavy atom. The first-order valence-corrected chi connectivity index (χ1v) is 13.2. The zero-order chi connectivity index (χ0) is 28.6. The lowest BCUT2D eigenvalue weighted by Crippen LogP contribution is -2.50. The molecule has 40 heavy (non-hydrogen) atoms.